The molecule has 0 saturated carbocycles. The van der Waals surface area contributed by atoms with Gasteiger partial charge in [0.2, 0.25) is 0 Å². The molecule has 2 N–H and O–H groups in total. The van der Waals surface area contributed by atoms with Gasteiger partial charge in [0.15, 0.2) is 11.8 Å². The fraction of sp³-hybridized carbons (Fsp3) is 0.389. The highest BCUT2D eigenvalue weighted by Gasteiger charge is 2.28. The second-order valence-corrected chi connectivity index (χ2v) is 6.92. The molecule has 1 amide bonds. The first kappa shape index (κ1) is 16.3. The van der Waals surface area contributed by atoms with Gasteiger partial charge >= 0.3 is 0 Å². The summed E-state index contributed by atoms with van der Waals surface area (Å²) in [5, 5.41) is 3.07. The van der Waals surface area contributed by atoms with E-state index in [1.165, 1.54) is 24.2 Å². The predicted molar refractivity (Wildman–Crippen MR) is 92.5 cm³/mol. The number of nitrogens with one attached hydrogen (secondary N) is 2. The summed E-state index contributed by atoms with van der Waals surface area (Å²) in [5.74, 6) is 0.920. The van der Waals surface area contributed by atoms with E-state index in [2.05, 4.69) is 21.2 Å². The molecule has 2 heterocycles. The van der Waals surface area contributed by atoms with Gasteiger partial charge < -0.3 is 14.6 Å². The molecule has 1 aliphatic rings. The SMILES string of the molecule is O=C(NC[C@@H](c1ccco1)[NH+]1CCCCC1)c1ccc(Br)cc1. The number of carbonyl (C=O) groups excluding carboxylic acids is 1. The van der Waals surface area contributed by atoms with Crippen molar-refractivity contribution in [3.05, 3.63) is 58.5 Å². The Hall–Kier alpha value is -1.59. The number of amides is 1. The van der Waals surface area contributed by atoms with Crippen molar-refractivity contribution in [1.82, 2.24) is 5.32 Å². The van der Waals surface area contributed by atoms with E-state index in [4.69, 9.17) is 4.42 Å². The van der Waals surface area contributed by atoms with Crippen molar-refractivity contribution in [3.8, 4) is 0 Å². The zero-order valence-electron chi connectivity index (χ0n) is 13.1. The molecule has 2 aromatic rings. The number of piperidine rings is 1. The molecular formula is C18H22BrN2O2+. The number of hydrogen-bond donors (Lipinski definition) is 2. The lowest BCUT2D eigenvalue weighted by molar-refractivity contribution is -0.936. The second-order valence-electron chi connectivity index (χ2n) is 6.00. The van der Waals surface area contributed by atoms with Crippen LogP contribution in [0.2, 0.25) is 0 Å². The third kappa shape index (κ3) is 4.24. The van der Waals surface area contributed by atoms with Crippen molar-refractivity contribution in [2.45, 2.75) is 25.3 Å². The van der Waals surface area contributed by atoms with Gasteiger partial charge in [-0.25, -0.2) is 0 Å². The minimum atomic E-state index is -0.0366. The second kappa shape index (κ2) is 7.79. The van der Waals surface area contributed by atoms with Crippen LogP contribution >= 0.6 is 15.9 Å². The minimum absolute atomic E-state index is 0.0366. The number of furan rings is 1. The Bertz CT molecular complexity index is 619. The third-order valence-corrected chi connectivity index (χ3v) is 4.98. The van der Waals surface area contributed by atoms with Crippen LogP contribution in [0.1, 0.15) is 41.4 Å². The van der Waals surface area contributed by atoms with Crippen molar-refractivity contribution in [2.75, 3.05) is 19.6 Å². The van der Waals surface area contributed by atoms with Crippen LogP contribution in [-0.4, -0.2) is 25.5 Å². The van der Waals surface area contributed by atoms with Crippen molar-refractivity contribution in [3.63, 3.8) is 0 Å². The maximum Gasteiger partial charge on any atom is 0.251 e. The van der Waals surface area contributed by atoms with E-state index in [1.807, 2.05) is 36.4 Å². The fourth-order valence-electron chi connectivity index (χ4n) is 3.19. The number of halogens is 1. The molecule has 122 valence electrons. The standard InChI is InChI=1S/C18H21BrN2O2/c19-15-8-6-14(7-9-15)18(22)20-13-16(17-5-4-12-23-17)21-10-2-1-3-11-21/h4-9,12,16H,1-3,10-11,13H2,(H,20,22)/p+1/t16-/m0/s1. The van der Waals surface area contributed by atoms with Crippen molar-refractivity contribution >= 4 is 21.8 Å². The Morgan fingerprint density at radius 1 is 1.17 bits per heavy atom. The summed E-state index contributed by atoms with van der Waals surface area (Å²) in [5.41, 5.74) is 0.681. The molecule has 3 rings (SSSR count). The lowest BCUT2D eigenvalue weighted by atomic mass is 10.1. The van der Waals surface area contributed by atoms with Gasteiger partial charge in [0.25, 0.3) is 5.91 Å². The normalized spacial score (nSPS) is 16.9. The maximum atomic E-state index is 12.3. The zero-order valence-corrected chi connectivity index (χ0v) is 14.6. The predicted octanol–water partition coefficient (Wildman–Crippen LogP) is 2.58. The van der Waals surface area contributed by atoms with Crippen LogP contribution < -0.4 is 10.2 Å². The molecule has 1 atom stereocenters. The van der Waals surface area contributed by atoms with E-state index in [0.717, 1.165) is 23.3 Å². The van der Waals surface area contributed by atoms with Crippen LogP contribution in [0.25, 0.3) is 0 Å². The molecule has 23 heavy (non-hydrogen) atoms. The smallest absolute Gasteiger partial charge is 0.251 e. The molecule has 1 saturated heterocycles. The molecule has 1 aromatic carbocycles. The summed E-state index contributed by atoms with van der Waals surface area (Å²) < 4.78 is 6.60. The Kier molecular flexibility index (Phi) is 5.51. The summed E-state index contributed by atoms with van der Waals surface area (Å²) in [7, 11) is 0. The van der Waals surface area contributed by atoms with Crippen molar-refractivity contribution in [1.29, 1.82) is 0 Å². The van der Waals surface area contributed by atoms with E-state index >= 15 is 0 Å². The summed E-state index contributed by atoms with van der Waals surface area (Å²) in [6.45, 7) is 2.87. The minimum Gasteiger partial charge on any atom is -0.463 e. The average molecular weight is 378 g/mol. The lowest BCUT2D eigenvalue weighted by Crippen LogP contribution is -3.13. The Morgan fingerprint density at radius 3 is 2.57 bits per heavy atom. The molecule has 0 spiro atoms. The van der Waals surface area contributed by atoms with Gasteiger partial charge in [-0.1, -0.05) is 15.9 Å². The van der Waals surface area contributed by atoms with Crippen molar-refractivity contribution in [2.24, 2.45) is 0 Å². The molecule has 0 bridgehead atoms. The Morgan fingerprint density at radius 2 is 1.91 bits per heavy atom. The van der Waals surface area contributed by atoms with Crippen LogP contribution in [0.15, 0.2) is 51.6 Å². The molecule has 1 aliphatic heterocycles. The van der Waals surface area contributed by atoms with Crippen LogP contribution in [0.3, 0.4) is 0 Å². The fourth-order valence-corrected chi connectivity index (χ4v) is 3.45. The quantitative estimate of drug-likeness (QED) is 0.840. The number of rotatable bonds is 5. The highest BCUT2D eigenvalue weighted by atomic mass is 79.9. The first-order chi connectivity index (χ1) is 11.2. The summed E-state index contributed by atoms with van der Waals surface area (Å²) in [6.07, 6.45) is 5.50. The topological polar surface area (TPSA) is 46.7 Å². The number of carbonyl (C=O) groups is 1. The van der Waals surface area contributed by atoms with Gasteiger partial charge in [-0.3, -0.25) is 4.79 Å². The van der Waals surface area contributed by atoms with Gasteiger partial charge in [-0.05, 0) is 55.7 Å². The van der Waals surface area contributed by atoms with Crippen LogP contribution in [-0.2, 0) is 0 Å². The molecule has 4 nitrogen and oxygen atoms in total. The zero-order chi connectivity index (χ0) is 16.1. The highest BCUT2D eigenvalue weighted by molar-refractivity contribution is 9.10. The van der Waals surface area contributed by atoms with Gasteiger partial charge in [-0.15, -0.1) is 0 Å². The van der Waals surface area contributed by atoms with Gasteiger partial charge in [0.05, 0.1) is 25.9 Å². The number of benzene rings is 1. The summed E-state index contributed by atoms with van der Waals surface area (Å²) >= 11 is 3.39. The lowest BCUT2D eigenvalue weighted by Gasteiger charge is -2.30. The van der Waals surface area contributed by atoms with Gasteiger partial charge in [-0.2, -0.15) is 0 Å². The largest absolute Gasteiger partial charge is 0.463 e. The molecular weight excluding hydrogens is 356 g/mol. The first-order valence-corrected chi connectivity index (χ1v) is 8.95. The van der Waals surface area contributed by atoms with Gasteiger partial charge in [0, 0.05) is 10.0 Å². The van der Waals surface area contributed by atoms with Crippen LogP contribution in [0.5, 0.6) is 0 Å². The van der Waals surface area contributed by atoms with E-state index in [0.29, 0.717) is 12.1 Å². The van der Waals surface area contributed by atoms with Crippen LogP contribution in [0, 0.1) is 0 Å². The Labute approximate surface area is 145 Å². The van der Waals surface area contributed by atoms with E-state index in [1.54, 1.807) is 6.26 Å². The molecule has 0 aliphatic carbocycles. The molecule has 5 heteroatoms. The third-order valence-electron chi connectivity index (χ3n) is 4.45. The molecule has 1 fully saturated rings. The number of hydrogen-bond acceptors (Lipinski definition) is 2. The molecule has 0 radical (unpaired) electrons. The molecule has 1 aromatic heterocycles. The summed E-state index contributed by atoms with van der Waals surface area (Å²) in [6, 6.07) is 11.5. The number of quaternary nitrogens is 1. The Balaban J connectivity index is 1.66. The van der Waals surface area contributed by atoms with E-state index < -0.39 is 0 Å². The molecule has 0 unspecified atom stereocenters. The first-order valence-electron chi connectivity index (χ1n) is 8.16. The van der Waals surface area contributed by atoms with E-state index in [9.17, 15) is 4.79 Å². The number of likely N-dealkylation sites (tertiary alicyclic amines) is 1. The van der Waals surface area contributed by atoms with Crippen LogP contribution in [0.4, 0.5) is 0 Å². The average Bonchev–Trinajstić information content (AvgIpc) is 3.11. The summed E-state index contributed by atoms with van der Waals surface area (Å²) in [4.78, 5) is 13.8. The maximum absolute atomic E-state index is 12.3. The van der Waals surface area contributed by atoms with Crippen molar-refractivity contribution < 1.29 is 14.1 Å². The van der Waals surface area contributed by atoms with E-state index in [-0.39, 0.29) is 11.9 Å². The highest BCUT2D eigenvalue weighted by Crippen LogP contribution is 2.13. The van der Waals surface area contributed by atoms with Gasteiger partial charge in [0.1, 0.15) is 0 Å². The monoisotopic (exact) mass is 377 g/mol.